The largest absolute Gasteiger partial charge is 0.497 e. The number of aromatic nitrogens is 3. The Morgan fingerprint density at radius 3 is 2.41 bits per heavy atom. The van der Waals surface area contributed by atoms with Gasteiger partial charge < -0.3 is 4.74 Å². The van der Waals surface area contributed by atoms with Crippen molar-refractivity contribution >= 4 is 33.4 Å². The maximum absolute atomic E-state index is 13.4. The lowest BCUT2D eigenvalue weighted by molar-refractivity contribution is 0.414. The van der Waals surface area contributed by atoms with Gasteiger partial charge in [-0.15, -0.1) is 0 Å². The van der Waals surface area contributed by atoms with Gasteiger partial charge in [0, 0.05) is 27.6 Å². The van der Waals surface area contributed by atoms with Crippen LogP contribution in [0, 0.1) is 5.82 Å². The molecule has 6 heteroatoms. The Kier molecular flexibility index (Phi) is 4.18. The van der Waals surface area contributed by atoms with Gasteiger partial charge in [-0.25, -0.2) is 9.07 Å². The highest BCUT2D eigenvalue weighted by atomic mass is 35.5. The summed E-state index contributed by atoms with van der Waals surface area (Å²) >= 11 is 6.28. The first-order valence-electron chi connectivity index (χ1n) is 9.01. The summed E-state index contributed by atoms with van der Waals surface area (Å²) in [5, 5.41) is 7.25. The van der Waals surface area contributed by atoms with E-state index in [4.69, 9.17) is 21.4 Å². The smallest absolute Gasteiger partial charge is 0.123 e. The molecule has 5 aromatic rings. The van der Waals surface area contributed by atoms with Crippen molar-refractivity contribution in [1.82, 2.24) is 14.8 Å². The lowest BCUT2D eigenvalue weighted by Gasteiger charge is -2.07. The van der Waals surface area contributed by atoms with Crippen molar-refractivity contribution in [2.24, 2.45) is 0 Å². The van der Waals surface area contributed by atoms with Crippen molar-refractivity contribution in [2.75, 3.05) is 7.11 Å². The fourth-order valence-electron chi connectivity index (χ4n) is 3.49. The zero-order chi connectivity index (χ0) is 20.0. The Morgan fingerprint density at radius 2 is 1.69 bits per heavy atom. The van der Waals surface area contributed by atoms with E-state index >= 15 is 0 Å². The summed E-state index contributed by atoms with van der Waals surface area (Å²) in [7, 11) is 1.63. The molecule has 3 aromatic carbocycles. The molecule has 29 heavy (non-hydrogen) atoms. The van der Waals surface area contributed by atoms with Gasteiger partial charge in [0.15, 0.2) is 0 Å². The van der Waals surface area contributed by atoms with Crippen LogP contribution in [0.2, 0.25) is 5.02 Å². The number of pyridine rings is 1. The predicted octanol–water partition coefficient (Wildman–Crippen LogP) is 6.04. The molecule has 0 amide bonds. The molecule has 5 rings (SSSR count). The normalized spacial score (nSPS) is 11.3. The van der Waals surface area contributed by atoms with Gasteiger partial charge in [-0.3, -0.25) is 4.98 Å². The van der Waals surface area contributed by atoms with E-state index in [1.165, 1.54) is 12.1 Å². The highest BCUT2D eigenvalue weighted by Gasteiger charge is 2.17. The van der Waals surface area contributed by atoms with Crippen LogP contribution in [0.3, 0.4) is 0 Å². The van der Waals surface area contributed by atoms with E-state index in [-0.39, 0.29) is 5.82 Å². The number of ether oxygens (including phenoxy) is 1. The Bertz CT molecular complexity index is 1350. The minimum absolute atomic E-state index is 0.289. The molecule has 4 nitrogen and oxygen atoms in total. The third-order valence-electron chi connectivity index (χ3n) is 4.90. The molecule has 0 aliphatic rings. The maximum atomic E-state index is 13.4. The fourth-order valence-corrected chi connectivity index (χ4v) is 3.66. The fraction of sp³-hybridized carbons (Fsp3) is 0.0435. The minimum Gasteiger partial charge on any atom is -0.497 e. The van der Waals surface area contributed by atoms with E-state index < -0.39 is 0 Å². The Hall–Kier alpha value is -3.44. The molecule has 0 aliphatic heterocycles. The number of fused-ring (bicyclic) bond motifs is 3. The zero-order valence-corrected chi connectivity index (χ0v) is 16.2. The molecule has 0 radical (unpaired) electrons. The molecule has 2 heterocycles. The number of hydrogen-bond acceptors (Lipinski definition) is 3. The van der Waals surface area contributed by atoms with Crippen molar-refractivity contribution in [3.63, 3.8) is 0 Å². The molecule has 0 N–H and O–H groups in total. The molecule has 2 aromatic heterocycles. The molecule has 0 fully saturated rings. The van der Waals surface area contributed by atoms with Gasteiger partial charge in [-0.05, 0) is 66.7 Å². The van der Waals surface area contributed by atoms with Gasteiger partial charge in [0.2, 0.25) is 0 Å². The van der Waals surface area contributed by atoms with E-state index in [2.05, 4.69) is 4.98 Å². The summed E-state index contributed by atoms with van der Waals surface area (Å²) in [5.41, 5.74) is 4.12. The van der Waals surface area contributed by atoms with E-state index in [0.717, 1.165) is 44.5 Å². The van der Waals surface area contributed by atoms with Crippen LogP contribution in [-0.2, 0) is 0 Å². The van der Waals surface area contributed by atoms with Crippen LogP contribution in [0.5, 0.6) is 5.75 Å². The van der Waals surface area contributed by atoms with Crippen molar-refractivity contribution in [2.45, 2.75) is 0 Å². The number of hydrogen-bond donors (Lipinski definition) is 0. The molecule has 0 spiro atoms. The van der Waals surface area contributed by atoms with Crippen LogP contribution in [-0.4, -0.2) is 21.9 Å². The summed E-state index contributed by atoms with van der Waals surface area (Å²) in [6.07, 6.45) is 1.80. The zero-order valence-electron chi connectivity index (χ0n) is 15.4. The average Bonchev–Trinajstić information content (AvgIpc) is 3.14. The van der Waals surface area contributed by atoms with Crippen LogP contribution in [0.25, 0.3) is 38.8 Å². The highest BCUT2D eigenvalue weighted by Crippen LogP contribution is 2.34. The van der Waals surface area contributed by atoms with Crippen molar-refractivity contribution in [1.29, 1.82) is 0 Å². The summed E-state index contributed by atoms with van der Waals surface area (Å²) in [6, 6.07) is 19.5. The first-order valence-corrected chi connectivity index (χ1v) is 9.39. The second-order valence-electron chi connectivity index (χ2n) is 6.65. The summed E-state index contributed by atoms with van der Waals surface area (Å²) in [4.78, 5) is 4.58. The van der Waals surface area contributed by atoms with Gasteiger partial charge in [-0.1, -0.05) is 11.6 Å². The molecule has 142 valence electrons. The minimum atomic E-state index is -0.289. The first kappa shape index (κ1) is 17.6. The van der Waals surface area contributed by atoms with Crippen molar-refractivity contribution in [3.05, 3.63) is 83.8 Å². The third kappa shape index (κ3) is 3.00. The molecular weight excluding hydrogens is 389 g/mol. The van der Waals surface area contributed by atoms with E-state index in [0.29, 0.717) is 5.02 Å². The van der Waals surface area contributed by atoms with Crippen LogP contribution in [0.1, 0.15) is 0 Å². The average molecular weight is 404 g/mol. The maximum Gasteiger partial charge on any atom is 0.123 e. The Balaban J connectivity index is 1.86. The van der Waals surface area contributed by atoms with Crippen LogP contribution >= 0.6 is 11.6 Å². The number of benzene rings is 3. The van der Waals surface area contributed by atoms with Crippen LogP contribution in [0.15, 0.2) is 72.9 Å². The van der Waals surface area contributed by atoms with Crippen LogP contribution < -0.4 is 4.74 Å². The highest BCUT2D eigenvalue weighted by molar-refractivity contribution is 6.31. The summed E-state index contributed by atoms with van der Waals surface area (Å²) in [5.74, 6) is 0.474. The molecule has 0 saturated carbocycles. The standard InChI is InChI=1S/C23H15ClFN3O/c1-29-18-9-7-17(8-10-18)28-23-19-12-15(24)4-11-21(19)26-13-20(23)22(27-28)14-2-5-16(25)6-3-14/h2-13H,1H3. The topological polar surface area (TPSA) is 39.9 Å². The lowest BCUT2D eigenvalue weighted by atomic mass is 10.1. The summed E-state index contributed by atoms with van der Waals surface area (Å²) in [6.45, 7) is 0. The van der Waals surface area contributed by atoms with Gasteiger partial charge in [-0.2, -0.15) is 5.10 Å². The van der Waals surface area contributed by atoms with Gasteiger partial charge in [0.05, 0.1) is 23.8 Å². The quantitative estimate of drug-likeness (QED) is 0.368. The lowest BCUT2D eigenvalue weighted by Crippen LogP contribution is -1.97. The van der Waals surface area contributed by atoms with E-state index in [1.807, 2.05) is 47.1 Å². The SMILES string of the molecule is COc1ccc(-n2nc(-c3ccc(F)cc3)c3cnc4ccc(Cl)cc4c32)cc1. The number of halogens is 2. The molecule has 0 bridgehead atoms. The third-order valence-corrected chi connectivity index (χ3v) is 5.14. The summed E-state index contributed by atoms with van der Waals surface area (Å²) < 4.78 is 20.6. The van der Waals surface area contributed by atoms with Crippen molar-refractivity contribution < 1.29 is 9.13 Å². The molecule has 0 unspecified atom stereocenters. The second kappa shape index (κ2) is 6.87. The van der Waals surface area contributed by atoms with E-state index in [1.54, 1.807) is 25.4 Å². The molecular formula is C23H15ClFN3O. The monoisotopic (exact) mass is 403 g/mol. The Morgan fingerprint density at radius 1 is 0.931 bits per heavy atom. The number of methoxy groups -OCH3 is 1. The number of rotatable bonds is 3. The molecule has 0 saturated heterocycles. The van der Waals surface area contributed by atoms with E-state index in [9.17, 15) is 4.39 Å². The van der Waals surface area contributed by atoms with Gasteiger partial charge >= 0.3 is 0 Å². The van der Waals surface area contributed by atoms with Crippen LogP contribution in [0.4, 0.5) is 4.39 Å². The van der Waals surface area contributed by atoms with Crippen molar-refractivity contribution in [3.8, 4) is 22.7 Å². The predicted molar refractivity (Wildman–Crippen MR) is 113 cm³/mol. The molecule has 0 atom stereocenters. The van der Waals surface area contributed by atoms with Gasteiger partial charge in [0.25, 0.3) is 0 Å². The second-order valence-corrected chi connectivity index (χ2v) is 7.08. The number of nitrogens with zero attached hydrogens (tertiary/aromatic N) is 3. The van der Waals surface area contributed by atoms with Gasteiger partial charge in [0.1, 0.15) is 17.3 Å². The molecule has 0 aliphatic carbocycles. The first-order chi connectivity index (χ1) is 14.1. The Labute approximate surface area is 171 Å².